The minimum atomic E-state index is 0.841. The van der Waals surface area contributed by atoms with Gasteiger partial charge in [-0.3, -0.25) is 9.89 Å². The Morgan fingerprint density at radius 1 is 1.13 bits per heavy atom. The first-order valence-corrected chi connectivity index (χ1v) is 5.47. The average molecular weight is 203 g/mol. The number of nitrogens with zero attached hydrogens (tertiary/aromatic N) is 1. The first kappa shape index (κ1) is 8.92. The van der Waals surface area contributed by atoms with Crippen molar-refractivity contribution in [1.29, 1.82) is 0 Å². The summed E-state index contributed by atoms with van der Waals surface area (Å²) in [6.45, 7) is 4.64. The van der Waals surface area contributed by atoms with Gasteiger partial charge in [-0.2, -0.15) is 0 Å². The lowest BCUT2D eigenvalue weighted by molar-refractivity contribution is -0.550. The van der Waals surface area contributed by atoms with Crippen LogP contribution in [0.4, 0.5) is 0 Å². The predicted molar refractivity (Wildman–Crippen MR) is 58.2 cm³/mol. The number of hydrogen-bond donors (Lipinski definition) is 1. The van der Waals surface area contributed by atoms with E-state index in [9.17, 15) is 0 Å². The highest BCUT2D eigenvalue weighted by atomic mass is 16.5. The second-order valence-corrected chi connectivity index (χ2v) is 3.96. The van der Waals surface area contributed by atoms with Crippen molar-refractivity contribution in [2.75, 3.05) is 26.3 Å². The first-order chi connectivity index (χ1) is 7.45. The maximum atomic E-state index is 5.36. The third kappa shape index (κ3) is 1.53. The molecule has 0 amide bonds. The van der Waals surface area contributed by atoms with Crippen LogP contribution in [-0.4, -0.2) is 36.7 Å². The Morgan fingerprint density at radius 2 is 1.93 bits per heavy atom. The van der Waals surface area contributed by atoms with Crippen LogP contribution in [0.5, 0.6) is 0 Å². The number of rotatable bonds is 0. The molecule has 2 aliphatic heterocycles. The molecule has 78 valence electrons. The Kier molecular flexibility index (Phi) is 2.18. The van der Waals surface area contributed by atoms with E-state index in [1.165, 1.54) is 17.0 Å². The number of fused-ring (bicyclic) bond motifs is 1. The van der Waals surface area contributed by atoms with Crippen molar-refractivity contribution >= 4 is 5.84 Å². The van der Waals surface area contributed by atoms with E-state index in [0.29, 0.717) is 0 Å². The molecule has 1 aromatic carbocycles. The summed E-state index contributed by atoms with van der Waals surface area (Å²) in [5.41, 5.74) is 2.76. The molecule has 3 nitrogen and oxygen atoms in total. The van der Waals surface area contributed by atoms with Gasteiger partial charge in [0.25, 0.3) is 5.84 Å². The van der Waals surface area contributed by atoms with Crippen LogP contribution in [0, 0.1) is 0 Å². The number of benzene rings is 1. The molecule has 0 bridgehead atoms. The highest BCUT2D eigenvalue weighted by Crippen LogP contribution is 2.15. The maximum absolute atomic E-state index is 5.36. The summed E-state index contributed by atoms with van der Waals surface area (Å²) in [5, 5.41) is 3.48. The van der Waals surface area contributed by atoms with E-state index < -0.39 is 0 Å². The van der Waals surface area contributed by atoms with Crippen molar-refractivity contribution in [3.05, 3.63) is 35.4 Å². The Labute approximate surface area is 89.4 Å². The molecule has 15 heavy (non-hydrogen) atoms. The summed E-state index contributed by atoms with van der Waals surface area (Å²) in [7, 11) is 0. The summed E-state index contributed by atoms with van der Waals surface area (Å²) in [6, 6.07) is 8.59. The number of morpholine rings is 1. The van der Waals surface area contributed by atoms with Gasteiger partial charge in [0.2, 0.25) is 0 Å². The van der Waals surface area contributed by atoms with Crippen molar-refractivity contribution in [2.24, 2.45) is 0 Å². The second-order valence-electron chi connectivity index (χ2n) is 3.96. The molecule has 3 heteroatoms. The Morgan fingerprint density at radius 3 is 2.80 bits per heavy atom. The third-order valence-corrected chi connectivity index (χ3v) is 3.05. The van der Waals surface area contributed by atoms with Gasteiger partial charge in [-0.15, -0.1) is 0 Å². The van der Waals surface area contributed by atoms with Crippen LogP contribution in [0.3, 0.4) is 0 Å². The van der Waals surface area contributed by atoms with Crippen LogP contribution in [0.15, 0.2) is 24.3 Å². The zero-order chi connectivity index (χ0) is 10.1. The lowest BCUT2D eigenvalue weighted by atomic mass is 10.1. The normalized spacial score (nSPS) is 20.0. The summed E-state index contributed by atoms with van der Waals surface area (Å²) in [6.07, 6.45) is 0. The molecule has 1 N–H and O–H groups in total. The lowest BCUT2D eigenvalue weighted by Gasteiger charge is -2.15. The van der Waals surface area contributed by atoms with E-state index in [1.54, 1.807) is 0 Å². The van der Waals surface area contributed by atoms with E-state index in [4.69, 9.17) is 4.74 Å². The molecule has 2 aliphatic rings. The highest BCUT2D eigenvalue weighted by Gasteiger charge is 2.26. The molecule has 1 aromatic rings. The first-order valence-electron chi connectivity index (χ1n) is 5.47. The van der Waals surface area contributed by atoms with Gasteiger partial charge in [0.15, 0.2) is 0 Å². The van der Waals surface area contributed by atoms with Crippen molar-refractivity contribution in [2.45, 2.75) is 6.54 Å². The molecular weight excluding hydrogens is 188 g/mol. The monoisotopic (exact) mass is 203 g/mol. The van der Waals surface area contributed by atoms with E-state index in [1.807, 2.05) is 0 Å². The summed E-state index contributed by atoms with van der Waals surface area (Å²) >= 11 is 0. The molecule has 0 saturated carbocycles. The van der Waals surface area contributed by atoms with E-state index in [2.05, 4.69) is 34.2 Å². The molecular formula is C12H15N2O+. The molecule has 2 heterocycles. The molecule has 0 radical (unpaired) electrons. The number of amidine groups is 1. The summed E-state index contributed by atoms with van der Waals surface area (Å²) in [4.78, 5) is 0. The van der Waals surface area contributed by atoms with Gasteiger partial charge in [-0.1, -0.05) is 18.2 Å². The molecule has 0 spiro atoms. The van der Waals surface area contributed by atoms with Crippen LogP contribution >= 0.6 is 0 Å². The van der Waals surface area contributed by atoms with E-state index in [-0.39, 0.29) is 0 Å². The average Bonchev–Trinajstić information content (AvgIpc) is 2.74. The van der Waals surface area contributed by atoms with E-state index >= 15 is 0 Å². The van der Waals surface area contributed by atoms with Gasteiger partial charge in [0.1, 0.15) is 19.6 Å². The predicted octanol–water partition coefficient (Wildman–Crippen LogP) is 0.579. The maximum Gasteiger partial charge on any atom is 0.277 e. The van der Waals surface area contributed by atoms with E-state index in [0.717, 1.165) is 32.8 Å². The zero-order valence-corrected chi connectivity index (χ0v) is 8.70. The van der Waals surface area contributed by atoms with Crippen molar-refractivity contribution in [3.8, 4) is 0 Å². The minimum Gasteiger partial charge on any atom is -0.373 e. The smallest absolute Gasteiger partial charge is 0.277 e. The second kappa shape index (κ2) is 3.66. The number of ether oxygens (including phenoxy) is 1. The fourth-order valence-electron chi connectivity index (χ4n) is 2.25. The fourth-order valence-corrected chi connectivity index (χ4v) is 2.25. The van der Waals surface area contributed by atoms with Gasteiger partial charge in [0, 0.05) is 5.56 Å². The molecule has 1 fully saturated rings. The van der Waals surface area contributed by atoms with Gasteiger partial charge in [-0.25, -0.2) is 0 Å². The molecule has 0 unspecified atom stereocenters. The van der Waals surface area contributed by atoms with Crippen molar-refractivity contribution in [3.63, 3.8) is 0 Å². The standard InChI is InChI=1S/C12H14N2O/c1-2-4-11-10(3-1)9-13-12(11)14-5-7-15-8-6-14/h1-4H,5-9H2/p+1. The van der Waals surface area contributed by atoms with Gasteiger partial charge >= 0.3 is 0 Å². The highest BCUT2D eigenvalue weighted by molar-refractivity contribution is 5.98. The Balaban J connectivity index is 2.01. The molecule has 1 saturated heterocycles. The van der Waals surface area contributed by atoms with Crippen molar-refractivity contribution in [1.82, 2.24) is 5.32 Å². The molecule has 0 aromatic heterocycles. The van der Waals surface area contributed by atoms with Crippen LogP contribution in [-0.2, 0) is 11.3 Å². The fraction of sp³-hybridized carbons (Fsp3) is 0.417. The third-order valence-electron chi connectivity index (χ3n) is 3.05. The van der Waals surface area contributed by atoms with Crippen LogP contribution in [0.25, 0.3) is 0 Å². The lowest BCUT2D eigenvalue weighted by Crippen LogP contribution is -2.37. The van der Waals surface area contributed by atoms with Gasteiger partial charge < -0.3 is 4.74 Å². The van der Waals surface area contributed by atoms with Crippen molar-refractivity contribution < 1.29 is 9.31 Å². The molecule has 3 rings (SSSR count). The Bertz CT molecular complexity index is 404. The SMILES string of the molecule is c1ccc2c(c1)CNC2=[N+]1CCOCC1. The largest absolute Gasteiger partial charge is 0.373 e. The Hall–Kier alpha value is -1.35. The molecule has 0 atom stereocenters. The van der Waals surface area contributed by atoms with Crippen LogP contribution in [0.2, 0.25) is 0 Å². The van der Waals surface area contributed by atoms with Gasteiger partial charge in [0.05, 0.1) is 18.8 Å². The summed E-state index contributed by atoms with van der Waals surface area (Å²) < 4.78 is 7.75. The quantitative estimate of drug-likeness (QED) is 0.624. The minimum absolute atomic E-state index is 0.841. The zero-order valence-electron chi connectivity index (χ0n) is 8.70. The van der Waals surface area contributed by atoms with Crippen LogP contribution in [0.1, 0.15) is 11.1 Å². The van der Waals surface area contributed by atoms with Gasteiger partial charge in [-0.05, 0) is 6.07 Å². The number of hydrogen-bond acceptors (Lipinski definition) is 1. The topological polar surface area (TPSA) is 24.3 Å². The molecule has 0 aliphatic carbocycles. The number of nitrogens with one attached hydrogen (secondary N) is 1. The summed E-state index contributed by atoms with van der Waals surface area (Å²) in [5.74, 6) is 1.29. The van der Waals surface area contributed by atoms with Crippen LogP contribution < -0.4 is 5.32 Å².